The van der Waals surface area contributed by atoms with Crippen molar-refractivity contribution in [2.45, 2.75) is 39.2 Å². The number of aromatic nitrogens is 2. The maximum Gasteiger partial charge on any atom is 0.149 e. The molecule has 3 unspecified atom stereocenters. The highest BCUT2D eigenvalue weighted by Crippen LogP contribution is 2.35. The zero-order chi connectivity index (χ0) is 11.5. The zero-order valence-electron chi connectivity index (χ0n) is 9.98. The van der Waals surface area contributed by atoms with Crippen molar-refractivity contribution in [3.63, 3.8) is 0 Å². The van der Waals surface area contributed by atoms with E-state index in [-0.39, 0.29) is 0 Å². The first kappa shape index (κ1) is 11.2. The van der Waals surface area contributed by atoms with E-state index in [1.165, 1.54) is 19.3 Å². The Kier molecular flexibility index (Phi) is 3.27. The van der Waals surface area contributed by atoms with Crippen molar-refractivity contribution in [1.82, 2.24) is 10.2 Å². The summed E-state index contributed by atoms with van der Waals surface area (Å²) in [6.07, 6.45) is 3.82. The van der Waals surface area contributed by atoms with E-state index in [9.17, 15) is 0 Å². The third kappa shape index (κ3) is 2.26. The van der Waals surface area contributed by atoms with Gasteiger partial charge >= 0.3 is 0 Å². The number of nitrogens with two attached hydrogens (primary N) is 1. The summed E-state index contributed by atoms with van der Waals surface area (Å²) in [5.41, 5.74) is 5.50. The third-order valence-electron chi connectivity index (χ3n) is 3.77. The normalized spacial score (nSPS) is 29.2. The van der Waals surface area contributed by atoms with Gasteiger partial charge in [0.1, 0.15) is 11.6 Å². The summed E-state index contributed by atoms with van der Waals surface area (Å²) >= 11 is 0. The summed E-state index contributed by atoms with van der Waals surface area (Å²) in [6.45, 7) is 4.59. The van der Waals surface area contributed by atoms with Crippen LogP contribution < -0.4 is 11.1 Å². The predicted molar refractivity (Wildman–Crippen MR) is 66.0 cm³/mol. The molecule has 2 rings (SSSR count). The van der Waals surface area contributed by atoms with Crippen molar-refractivity contribution in [2.24, 2.45) is 11.8 Å². The van der Waals surface area contributed by atoms with E-state index >= 15 is 0 Å². The molecule has 4 nitrogen and oxygen atoms in total. The number of rotatable bonds is 3. The maximum absolute atomic E-state index is 5.50. The molecular formula is C12H20N4. The lowest BCUT2D eigenvalue weighted by Gasteiger charge is -2.21. The Morgan fingerprint density at radius 2 is 2.19 bits per heavy atom. The number of nitrogens with one attached hydrogen (secondary N) is 1. The fourth-order valence-electron chi connectivity index (χ4n) is 2.64. The first-order chi connectivity index (χ1) is 7.70. The number of anilines is 2. The Morgan fingerprint density at radius 3 is 2.75 bits per heavy atom. The molecule has 3 N–H and O–H groups in total. The smallest absolute Gasteiger partial charge is 0.149 e. The predicted octanol–water partition coefficient (Wildman–Crippen LogP) is 2.30. The monoisotopic (exact) mass is 220 g/mol. The van der Waals surface area contributed by atoms with Gasteiger partial charge in [0.25, 0.3) is 0 Å². The van der Waals surface area contributed by atoms with Crippen LogP contribution in [0.5, 0.6) is 0 Å². The van der Waals surface area contributed by atoms with Crippen molar-refractivity contribution >= 4 is 11.6 Å². The molecule has 0 aromatic carbocycles. The molecule has 0 bridgehead atoms. The van der Waals surface area contributed by atoms with Crippen molar-refractivity contribution in [3.8, 4) is 0 Å². The summed E-state index contributed by atoms with van der Waals surface area (Å²) in [5.74, 6) is 2.86. The van der Waals surface area contributed by atoms with Crippen LogP contribution in [0.4, 0.5) is 11.6 Å². The van der Waals surface area contributed by atoms with Gasteiger partial charge in [0, 0.05) is 6.04 Å². The van der Waals surface area contributed by atoms with Gasteiger partial charge < -0.3 is 11.1 Å². The molecule has 0 saturated heterocycles. The van der Waals surface area contributed by atoms with E-state index in [2.05, 4.69) is 29.4 Å². The number of nitrogens with zero attached hydrogens (tertiary/aromatic N) is 2. The lowest BCUT2D eigenvalue weighted by atomic mass is 9.93. The third-order valence-corrected chi connectivity index (χ3v) is 3.77. The van der Waals surface area contributed by atoms with E-state index in [0.29, 0.717) is 17.8 Å². The van der Waals surface area contributed by atoms with Gasteiger partial charge in [-0.25, -0.2) is 0 Å². The van der Waals surface area contributed by atoms with Crippen LogP contribution >= 0.6 is 0 Å². The van der Waals surface area contributed by atoms with Crippen LogP contribution in [-0.2, 0) is 0 Å². The average Bonchev–Trinajstić information content (AvgIpc) is 2.63. The van der Waals surface area contributed by atoms with Gasteiger partial charge in [0.15, 0.2) is 0 Å². The largest absolute Gasteiger partial charge is 0.382 e. The van der Waals surface area contributed by atoms with Crippen molar-refractivity contribution in [1.29, 1.82) is 0 Å². The molecular weight excluding hydrogens is 200 g/mol. The van der Waals surface area contributed by atoms with Crippen LogP contribution in [0, 0.1) is 11.8 Å². The second kappa shape index (κ2) is 4.68. The molecule has 1 aromatic heterocycles. The molecule has 4 heteroatoms. The highest BCUT2D eigenvalue weighted by molar-refractivity contribution is 5.39. The minimum absolute atomic E-state index is 0.469. The molecule has 1 heterocycles. The Hall–Kier alpha value is -1.32. The van der Waals surface area contributed by atoms with Gasteiger partial charge in [-0.2, -0.15) is 0 Å². The van der Waals surface area contributed by atoms with Gasteiger partial charge in [0.2, 0.25) is 0 Å². The van der Waals surface area contributed by atoms with Gasteiger partial charge in [-0.3, -0.25) is 0 Å². The van der Waals surface area contributed by atoms with Crippen LogP contribution in [0.1, 0.15) is 33.1 Å². The Labute approximate surface area is 96.6 Å². The minimum Gasteiger partial charge on any atom is -0.382 e. The lowest BCUT2D eigenvalue weighted by molar-refractivity contribution is 0.391. The van der Waals surface area contributed by atoms with E-state index in [1.807, 2.05) is 6.07 Å². The van der Waals surface area contributed by atoms with Crippen LogP contribution in [0.2, 0.25) is 0 Å². The zero-order valence-corrected chi connectivity index (χ0v) is 9.98. The summed E-state index contributed by atoms with van der Waals surface area (Å²) in [6, 6.07) is 4.21. The summed E-state index contributed by atoms with van der Waals surface area (Å²) in [7, 11) is 0. The highest BCUT2D eigenvalue weighted by Gasteiger charge is 2.31. The van der Waals surface area contributed by atoms with E-state index in [0.717, 1.165) is 11.7 Å². The second-order valence-corrected chi connectivity index (χ2v) is 4.70. The lowest BCUT2D eigenvalue weighted by Crippen LogP contribution is -2.25. The van der Waals surface area contributed by atoms with Crippen molar-refractivity contribution in [2.75, 3.05) is 11.1 Å². The Bertz CT molecular complexity index is 335. The van der Waals surface area contributed by atoms with Crippen molar-refractivity contribution in [3.05, 3.63) is 12.1 Å². The van der Waals surface area contributed by atoms with E-state index in [4.69, 9.17) is 5.73 Å². The maximum atomic E-state index is 5.50. The molecule has 0 aliphatic heterocycles. The van der Waals surface area contributed by atoms with Gasteiger partial charge in [-0.15, -0.1) is 10.2 Å². The molecule has 1 saturated carbocycles. The number of nitrogen functional groups attached to an aromatic ring is 1. The number of hydrogen-bond acceptors (Lipinski definition) is 4. The van der Waals surface area contributed by atoms with Crippen LogP contribution in [0.15, 0.2) is 12.1 Å². The highest BCUT2D eigenvalue weighted by atomic mass is 15.2. The van der Waals surface area contributed by atoms with E-state index in [1.54, 1.807) is 6.07 Å². The van der Waals surface area contributed by atoms with Crippen LogP contribution in [0.25, 0.3) is 0 Å². The fourth-order valence-corrected chi connectivity index (χ4v) is 2.64. The molecule has 1 aromatic rings. The summed E-state index contributed by atoms with van der Waals surface area (Å²) < 4.78 is 0. The number of hydrogen-bond donors (Lipinski definition) is 2. The molecule has 0 radical (unpaired) electrons. The molecule has 0 amide bonds. The Morgan fingerprint density at radius 1 is 1.38 bits per heavy atom. The van der Waals surface area contributed by atoms with Gasteiger partial charge in [0.05, 0.1) is 0 Å². The molecule has 3 atom stereocenters. The molecule has 0 spiro atoms. The Balaban J connectivity index is 1.98. The molecule has 1 aliphatic rings. The quantitative estimate of drug-likeness (QED) is 0.820. The van der Waals surface area contributed by atoms with E-state index < -0.39 is 0 Å². The fraction of sp³-hybridized carbons (Fsp3) is 0.667. The summed E-state index contributed by atoms with van der Waals surface area (Å²) in [5, 5.41) is 11.3. The standard InChI is InChI=1S/C12H20N4/c1-3-9-4-5-10(8(9)2)14-12-7-6-11(13)15-16-12/h6-10H,3-5H2,1-2H3,(H2,13,15)(H,14,16). The molecule has 16 heavy (non-hydrogen) atoms. The molecule has 1 aliphatic carbocycles. The minimum atomic E-state index is 0.469. The molecule has 88 valence electrons. The van der Waals surface area contributed by atoms with Crippen molar-refractivity contribution < 1.29 is 0 Å². The first-order valence-corrected chi connectivity index (χ1v) is 6.06. The van der Waals surface area contributed by atoms with Gasteiger partial charge in [-0.1, -0.05) is 20.3 Å². The van der Waals surface area contributed by atoms with Crippen LogP contribution in [0.3, 0.4) is 0 Å². The average molecular weight is 220 g/mol. The SMILES string of the molecule is CCC1CCC(Nc2ccc(N)nn2)C1C. The topological polar surface area (TPSA) is 63.8 Å². The van der Waals surface area contributed by atoms with Gasteiger partial charge in [-0.05, 0) is 36.8 Å². The van der Waals surface area contributed by atoms with Crippen LogP contribution in [-0.4, -0.2) is 16.2 Å². The first-order valence-electron chi connectivity index (χ1n) is 6.06. The summed E-state index contributed by atoms with van der Waals surface area (Å²) in [4.78, 5) is 0. The molecule has 1 fully saturated rings. The second-order valence-electron chi connectivity index (χ2n) is 4.70.